The number of nitrogens with zero attached hydrogens (tertiary/aromatic N) is 2. The first-order valence-electron chi connectivity index (χ1n) is 8.27. The Morgan fingerprint density at radius 2 is 1.93 bits per heavy atom. The number of hydrogen-bond acceptors (Lipinski definition) is 4. The molecule has 3 rings (SSSR count). The molecular weight excluding hydrogens is 368 g/mol. The fourth-order valence-electron chi connectivity index (χ4n) is 2.75. The summed E-state index contributed by atoms with van der Waals surface area (Å²) in [5.74, 6) is 1.13. The highest BCUT2D eigenvalue weighted by Gasteiger charge is 2.17. The lowest BCUT2D eigenvalue weighted by molar-refractivity contribution is 0.248. The number of amides is 2. The predicted molar refractivity (Wildman–Crippen MR) is 106 cm³/mol. The largest absolute Gasteiger partial charge is 0.497 e. The number of urea groups is 1. The molecule has 140 valence electrons. The number of benzene rings is 2. The fourth-order valence-corrected chi connectivity index (χ4v) is 2.92. The normalized spacial score (nSPS) is 11.9. The number of carbonyl (C=O) groups is 1. The minimum Gasteiger partial charge on any atom is -0.497 e. The lowest BCUT2D eigenvalue weighted by Gasteiger charge is -2.17. The summed E-state index contributed by atoms with van der Waals surface area (Å²) in [6.45, 7) is 1.76. The average molecular weight is 387 g/mol. The highest BCUT2D eigenvalue weighted by molar-refractivity contribution is 6.31. The van der Waals surface area contributed by atoms with Gasteiger partial charge in [0.25, 0.3) is 5.56 Å². The monoisotopic (exact) mass is 386 g/mol. The number of fused-ring (bicyclic) bond motifs is 1. The van der Waals surface area contributed by atoms with Crippen molar-refractivity contribution in [2.75, 3.05) is 12.4 Å². The van der Waals surface area contributed by atoms with Crippen LogP contribution in [0, 0.1) is 0 Å². The molecule has 0 aliphatic rings. The second-order valence-electron chi connectivity index (χ2n) is 6.04. The highest BCUT2D eigenvalue weighted by Crippen LogP contribution is 2.18. The van der Waals surface area contributed by atoms with Gasteiger partial charge in [-0.3, -0.25) is 9.36 Å². The van der Waals surface area contributed by atoms with Gasteiger partial charge < -0.3 is 15.4 Å². The Morgan fingerprint density at radius 3 is 2.59 bits per heavy atom. The molecule has 8 heteroatoms. The third kappa shape index (κ3) is 4.03. The van der Waals surface area contributed by atoms with E-state index in [1.54, 1.807) is 63.5 Å². The Hall–Kier alpha value is -3.06. The summed E-state index contributed by atoms with van der Waals surface area (Å²) in [5, 5.41) is 6.48. The number of anilines is 1. The van der Waals surface area contributed by atoms with Crippen LogP contribution in [0.2, 0.25) is 5.02 Å². The van der Waals surface area contributed by atoms with Gasteiger partial charge in [0.15, 0.2) is 0 Å². The molecule has 2 amide bonds. The number of ether oxygens (including phenoxy) is 1. The highest BCUT2D eigenvalue weighted by atomic mass is 35.5. The number of aromatic nitrogens is 2. The second kappa shape index (κ2) is 7.67. The van der Waals surface area contributed by atoms with E-state index in [4.69, 9.17) is 16.3 Å². The van der Waals surface area contributed by atoms with Crippen LogP contribution in [0.15, 0.2) is 47.3 Å². The number of nitrogens with one attached hydrogen (secondary N) is 2. The molecule has 7 nitrogen and oxygen atoms in total. The van der Waals surface area contributed by atoms with Crippen molar-refractivity contribution >= 4 is 34.2 Å². The Kier molecular flexibility index (Phi) is 5.32. The number of halogens is 1. The Balaban J connectivity index is 1.80. The van der Waals surface area contributed by atoms with Crippen LogP contribution in [-0.4, -0.2) is 22.7 Å². The summed E-state index contributed by atoms with van der Waals surface area (Å²) >= 11 is 6.00. The average Bonchev–Trinajstić information content (AvgIpc) is 2.65. The van der Waals surface area contributed by atoms with E-state index < -0.39 is 12.1 Å². The molecule has 1 aromatic heterocycles. The molecule has 0 radical (unpaired) electrons. The summed E-state index contributed by atoms with van der Waals surface area (Å²) in [6, 6.07) is 11.0. The Bertz CT molecular complexity index is 1050. The third-order valence-corrected chi connectivity index (χ3v) is 4.39. The molecule has 0 saturated carbocycles. The molecule has 0 unspecified atom stereocenters. The lowest BCUT2D eigenvalue weighted by Crippen LogP contribution is -2.35. The third-order valence-electron chi connectivity index (χ3n) is 4.16. The van der Waals surface area contributed by atoms with Gasteiger partial charge in [-0.15, -0.1) is 0 Å². The van der Waals surface area contributed by atoms with Gasteiger partial charge in [-0.1, -0.05) is 11.6 Å². The first-order valence-corrected chi connectivity index (χ1v) is 8.64. The number of methoxy groups -OCH3 is 1. The van der Waals surface area contributed by atoms with E-state index >= 15 is 0 Å². The smallest absolute Gasteiger partial charge is 0.319 e. The molecule has 0 bridgehead atoms. The second-order valence-corrected chi connectivity index (χ2v) is 6.48. The van der Waals surface area contributed by atoms with E-state index in [0.717, 1.165) is 0 Å². The first kappa shape index (κ1) is 18.7. The zero-order valence-electron chi connectivity index (χ0n) is 15.1. The van der Waals surface area contributed by atoms with Crippen molar-refractivity contribution in [2.24, 2.45) is 7.05 Å². The number of hydrogen-bond donors (Lipinski definition) is 2. The molecule has 0 aliphatic carbocycles. The van der Waals surface area contributed by atoms with Crippen LogP contribution < -0.4 is 20.9 Å². The van der Waals surface area contributed by atoms with Gasteiger partial charge >= 0.3 is 6.03 Å². The summed E-state index contributed by atoms with van der Waals surface area (Å²) in [7, 11) is 3.20. The zero-order chi connectivity index (χ0) is 19.6. The maximum atomic E-state index is 12.5. The molecule has 3 aromatic rings. The van der Waals surface area contributed by atoms with E-state index in [1.807, 2.05) is 0 Å². The quantitative estimate of drug-likeness (QED) is 0.718. The van der Waals surface area contributed by atoms with Crippen LogP contribution in [0.1, 0.15) is 18.8 Å². The first-order chi connectivity index (χ1) is 12.9. The number of rotatable bonds is 4. The standard InChI is InChI=1S/C19H19ClN4O3/c1-11(21-19(26)22-13-5-7-14(27-3)8-6-13)17-23-16-10-12(20)4-9-15(16)18(25)24(17)2/h4-11H,1-3H3,(H2,21,22,26)/t11-/m1/s1. The van der Waals surface area contributed by atoms with Crippen molar-refractivity contribution in [2.45, 2.75) is 13.0 Å². The van der Waals surface area contributed by atoms with Crippen LogP contribution in [0.5, 0.6) is 5.75 Å². The van der Waals surface area contributed by atoms with Gasteiger partial charge in [0.05, 0.1) is 24.1 Å². The van der Waals surface area contributed by atoms with Crippen molar-refractivity contribution in [3.05, 3.63) is 63.7 Å². The molecule has 0 saturated heterocycles. The lowest BCUT2D eigenvalue weighted by atomic mass is 10.2. The molecule has 1 atom stereocenters. The summed E-state index contributed by atoms with van der Waals surface area (Å²) in [5.41, 5.74) is 0.910. The number of carbonyl (C=O) groups excluding carboxylic acids is 1. The van der Waals surface area contributed by atoms with Gasteiger partial charge in [0, 0.05) is 17.8 Å². The van der Waals surface area contributed by atoms with Gasteiger partial charge in [0.2, 0.25) is 0 Å². The van der Waals surface area contributed by atoms with E-state index in [2.05, 4.69) is 15.6 Å². The molecule has 1 heterocycles. The summed E-state index contributed by atoms with van der Waals surface area (Å²) < 4.78 is 6.51. The van der Waals surface area contributed by atoms with Crippen LogP contribution >= 0.6 is 11.6 Å². The van der Waals surface area contributed by atoms with Crippen LogP contribution in [0.3, 0.4) is 0 Å². The zero-order valence-corrected chi connectivity index (χ0v) is 15.9. The van der Waals surface area contributed by atoms with Crippen LogP contribution in [0.4, 0.5) is 10.5 Å². The minimum atomic E-state index is -0.496. The molecule has 2 N–H and O–H groups in total. The Morgan fingerprint density at radius 1 is 1.22 bits per heavy atom. The van der Waals surface area contributed by atoms with Crippen LogP contribution in [-0.2, 0) is 7.05 Å². The summed E-state index contributed by atoms with van der Waals surface area (Å²) in [6.07, 6.45) is 0. The van der Waals surface area contributed by atoms with E-state index in [9.17, 15) is 9.59 Å². The minimum absolute atomic E-state index is 0.198. The predicted octanol–water partition coefficient (Wildman–Crippen LogP) is 3.48. The SMILES string of the molecule is COc1ccc(NC(=O)N[C@H](C)c2nc3cc(Cl)ccc3c(=O)n2C)cc1. The van der Waals surface area contributed by atoms with E-state index in [1.165, 1.54) is 4.57 Å². The van der Waals surface area contributed by atoms with Crippen molar-refractivity contribution < 1.29 is 9.53 Å². The molecule has 27 heavy (non-hydrogen) atoms. The van der Waals surface area contributed by atoms with Gasteiger partial charge in [-0.05, 0) is 49.4 Å². The van der Waals surface area contributed by atoms with Crippen molar-refractivity contribution in [1.29, 1.82) is 0 Å². The molecule has 0 fully saturated rings. The fraction of sp³-hybridized carbons (Fsp3) is 0.211. The molecule has 0 spiro atoms. The molecule has 0 aliphatic heterocycles. The van der Waals surface area contributed by atoms with Crippen LogP contribution in [0.25, 0.3) is 10.9 Å². The van der Waals surface area contributed by atoms with E-state index in [0.29, 0.717) is 33.2 Å². The van der Waals surface area contributed by atoms with Gasteiger partial charge in [-0.2, -0.15) is 0 Å². The molecular formula is C19H19ClN4O3. The van der Waals surface area contributed by atoms with Gasteiger partial charge in [0.1, 0.15) is 11.6 Å². The van der Waals surface area contributed by atoms with Crippen molar-refractivity contribution in [1.82, 2.24) is 14.9 Å². The van der Waals surface area contributed by atoms with E-state index in [-0.39, 0.29) is 5.56 Å². The maximum Gasteiger partial charge on any atom is 0.319 e. The maximum absolute atomic E-state index is 12.5. The van der Waals surface area contributed by atoms with Crippen molar-refractivity contribution in [3.8, 4) is 5.75 Å². The van der Waals surface area contributed by atoms with Gasteiger partial charge in [-0.25, -0.2) is 9.78 Å². The Labute approximate surface area is 160 Å². The molecule has 2 aromatic carbocycles. The summed E-state index contributed by atoms with van der Waals surface area (Å²) in [4.78, 5) is 29.3. The topological polar surface area (TPSA) is 85.2 Å². The van der Waals surface area contributed by atoms with Crippen molar-refractivity contribution in [3.63, 3.8) is 0 Å².